The molecule has 0 aliphatic carbocycles. The maximum atomic E-state index is 10.5. The van der Waals surface area contributed by atoms with Crippen molar-refractivity contribution in [3.63, 3.8) is 0 Å². The average molecular weight is 228 g/mol. The number of rotatable bonds is 7. The number of aromatic nitrogens is 2. The van der Waals surface area contributed by atoms with E-state index < -0.39 is 12.0 Å². The number of nitrogens with one attached hydrogen (secondary N) is 1. The zero-order chi connectivity index (χ0) is 12.0. The third-order valence-corrected chi connectivity index (χ3v) is 2.01. The van der Waals surface area contributed by atoms with Crippen molar-refractivity contribution in [1.82, 2.24) is 15.1 Å². The summed E-state index contributed by atoms with van der Waals surface area (Å²) in [6, 6.07) is 0. The zero-order valence-electron chi connectivity index (χ0n) is 8.83. The van der Waals surface area contributed by atoms with E-state index in [1.54, 1.807) is 17.1 Å². The molecule has 7 nitrogen and oxygen atoms in total. The van der Waals surface area contributed by atoms with Gasteiger partial charge in [0.15, 0.2) is 0 Å². The van der Waals surface area contributed by atoms with Crippen LogP contribution in [0.3, 0.4) is 0 Å². The van der Waals surface area contributed by atoms with Crippen LogP contribution in [0, 0.1) is 0 Å². The maximum Gasteiger partial charge on any atom is 0.247 e. The first-order valence-corrected chi connectivity index (χ1v) is 4.93. The Morgan fingerprint density at radius 3 is 3.06 bits per heavy atom. The molecule has 0 aliphatic heterocycles. The number of nitrogens with two attached hydrogens (primary N) is 1. The Morgan fingerprint density at radius 1 is 1.69 bits per heavy atom. The van der Waals surface area contributed by atoms with Crippen molar-refractivity contribution in [2.75, 3.05) is 13.2 Å². The van der Waals surface area contributed by atoms with E-state index in [1.807, 2.05) is 0 Å². The molecular weight excluding hydrogens is 212 g/mol. The normalized spacial score (nSPS) is 12.6. The van der Waals surface area contributed by atoms with Gasteiger partial charge in [-0.2, -0.15) is 5.10 Å². The van der Waals surface area contributed by atoms with Crippen LogP contribution in [0.2, 0.25) is 0 Å². The summed E-state index contributed by atoms with van der Waals surface area (Å²) < 4.78 is 1.61. The topological polar surface area (TPSA) is 113 Å². The van der Waals surface area contributed by atoms with E-state index in [1.165, 1.54) is 0 Å². The highest BCUT2D eigenvalue weighted by Crippen LogP contribution is 1.96. The van der Waals surface area contributed by atoms with Crippen molar-refractivity contribution in [2.45, 2.75) is 19.2 Å². The smallest absolute Gasteiger partial charge is 0.247 e. The fraction of sp³-hybridized carbons (Fsp3) is 0.556. The van der Waals surface area contributed by atoms with Crippen LogP contribution in [0.4, 0.5) is 0 Å². The van der Waals surface area contributed by atoms with Crippen LogP contribution >= 0.6 is 0 Å². The van der Waals surface area contributed by atoms with Gasteiger partial charge in [-0.15, -0.1) is 0 Å². The average Bonchev–Trinajstić information content (AvgIpc) is 2.66. The van der Waals surface area contributed by atoms with Crippen LogP contribution in [0.25, 0.3) is 0 Å². The standard InChI is InChI=1S/C9H16N4O3/c10-9(16)8(15)5-11-3-7-4-12-13(6-7)1-2-14/h4,6,8,11,14-15H,1-3,5H2,(H2,10,16). The number of nitrogens with zero attached hydrogens (tertiary/aromatic N) is 2. The van der Waals surface area contributed by atoms with Gasteiger partial charge in [-0.05, 0) is 0 Å². The quantitative estimate of drug-likeness (QED) is 0.423. The molecule has 0 aromatic carbocycles. The predicted octanol–water partition coefficient (Wildman–Crippen LogP) is -2.19. The minimum absolute atomic E-state index is 0.0366. The number of amides is 1. The molecule has 1 heterocycles. The SMILES string of the molecule is NC(=O)C(O)CNCc1cnn(CCO)c1. The van der Waals surface area contributed by atoms with Crippen LogP contribution in [-0.2, 0) is 17.9 Å². The lowest BCUT2D eigenvalue weighted by molar-refractivity contribution is -0.125. The van der Waals surface area contributed by atoms with Gasteiger partial charge in [-0.1, -0.05) is 0 Å². The summed E-state index contributed by atoms with van der Waals surface area (Å²) in [6.07, 6.45) is 2.26. The minimum atomic E-state index is -1.17. The van der Waals surface area contributed by atoms with E-state index in [4.69, 9.17) is 15.9 Å². The lowest BCUT2D eigenvalue weighted by Gasteiger charge is -2.06. The molecular formula is C9H16N4O3. The van der Waals surface area contributed by atoms with Gasteiger partial charge >= 0.3 is 0 Å². The first kappa shape index (κ1) is 12.6. The minimum Gasteiger partial charge on any atom is -0.394 e. The van der Waals surface area contributed by atoms with E-state index in [0.29, 0.717) is 13.1 Å². The molecule has 16 heavy (non-hydrogen) atoms. The number of aliphatic hydroxyl groups is 2. The van der Waals surface area contributed by atoms with E-state index in [-0.39, 0.29) is 13.2 Å². The molecule has 1 atom stereocenters. The lowest BCUT2D eigenvalue weighted by atomic mass is 10.3. The van der Waals surface area contributed by atoms with Gasteiger partial charge in [0.25, 0.3) is 0 Å². The van der Waals surface area contributed by atoms with Crippen molar-refractivity contribution in [2.24, 2.45) is 5.73 Å². The van der Waals surface area contributed by atoms with E-state index in [9.17, 15) is 4.79 Å². The summed E-state index contributed by atoms with van der Waals surface area (Å²) in [6.45, 7) is 1.08. The molecule has 0 bridgehead atoms. The molecule has 0 spiro atoms. The molecule has 0 saturated heterocycles. The monoisotopic (exact) mass is 228 g/mol. The highest BCUT2D eigenvalue weighted by molar-refractivity contribution is 5.78. The predicted molar refractivity (Wildman–Crippen MR) is 56.2 cm³/mol. The van der Waals surface area contributed by atoms with Crippen LogP contribution in [0.15, 0.2) is 12.4 Å². The molecule has 90 valence electrons. The highest BCUT2D eigenvalue weighted by atomic mass is 16.3. The largest absolute Gasteiger partial charge is 0.394 e. The second kappa shape index (κ2) is 6.21. The number of carbonyl (C=O) groups excluding carboxylic acids is 1. The van der Waals surface area contributed by atoms with Gasteiger partial charge in [0.1, 0.15) is 6.10 Å². The summed E-state index contributed by atoms with van der Waals surface area (Å²) in [5, 5.41) is 24.7. The van der Waals surface area contributed by atoms with Crippen LogP contribution < -0.4 is 11.1 Å². The Balaban J connectivity index is 2.29. The number of primary amides is 1. The van der Waals surface area contributed by atoms with Gasteiger partial charge in [0.05, 0.1) is 19.3 Å². The molecule has 7 heteroatoms. The summed E-state index contributed by atoms with van der Waals surface area (Å²) in [5.74, 6) is -0.747. The van der Waals surface area contributed by atoms with E-state index >= 15 is 0 Å². The zero-order valence-corrected chi connectivity index (χ0v) is 8.83. The first-order valence-electron chi connectivity index (χ1n) is 4.93. The number of aliphatic hydroxyl groups excluding tert-OH is 2. The van der Waals surface area contributed by atoms with Gasteiger partial charge < -0.3 is 21.3 Å². The molecule has 1 unspecified atom stereocenters. The number of hydrogen-bond acceptors (Lipinski definition) is 5. The first-order chi connectivity index (χ1) is 7.63. The fourth-order valence-electron chi connectivity index (χ4n) is 1.18. The summed E-state index contributed by atoms with van der Waals surface area (Å²) in [7, 11) is 0. The van der Waals surface area contributed by atoms with Gasteiger partial charge in [0, 0.05) is 24.8 Å². The van der Waals surface area contributed by atoms with E-state index in [0.717, 1.165) is 5.56 Å². The molecule has 1 aromatic rings. The van der Waals surface area contributed by atoms with Crippen LogP contribution in [0.5, 0.6) is 0 Å². The number of hydrogen-bond donors (Lipinski definition) is 4. The second-order valence-corrected chi connectivity index (χ2v) is 3.38. The van der Waals surface area contributed by atoms with Crippen molar-refractivity contribution < 1.29 is 15.0 Å². The fourth-order valence-corrected chi connectivity index (χ4v) is 1.18. The summed E-state index contributed by atoms with van der Waals surface area (Å²) in [4.78, 5) is 10.5. The van der Waals surface area contributed by atoms with Crippen molar-refractivity contribution in [3.8, 4) is 0 Å². The Hall–Kier alpha value is -1.44. The number of carbonyl (C=O) groups is 1. The molecule has 1 aromatic heterocycles. The van der Waals surface area contributed by atoms with Gasteiger partial charge in [-0.25, -0.2) is 0 Å². The molecule has 0 fully saturated rings. The maximum absolute atomic E-state index is 10.5. The molecule has 1 amide bonds. The summed E-state index contributed by atoms with van der Waals surface area (Å²) >= 11 is 0. The Labute approximate surface area is 92.9 Å². The molecule has 1 rings (SSSR count). The Morgan fingerprint density at radius 2 is 2.44 bits per heavy atom. The molecule has 0 radical (unpaired) electrons. The second-order valence-electron chi connectivity index (χ2n) is 3.38. The van der Waals surface area contributed by atoms with Crippen molar-refractivity contribution in [3.05, 3.63) is 18.0 Å². The summed E-state index contributed by atoms with van der Waals surface area (Å²) in [5.41, 5.74) is 5.79. The molecule has 0 aliphatic rings. The van der Waals surface area contributed by atoms with E-state index in [2.05, 4.69) is 10.4 Å². The van der Waals surface area contributed by atoms with Crippen LogP contribution in [0.1, 0.15) is 5.56 Å². The van der Waals surface area contributed by atoms with Crippen LogP contribution in [-0.4, -0.2) is 45.2 Å². The molecule has 0 saturated carbocycles. The lowest BCUT2D eigenvalue weighted by Crippen LogP contribution is -2.37. The third kappa shape index (κ3) is 3.97. The third-order valence-electron chi connectivity index (χ3n) is 2.01. The molecule has 5 N–H and O–H groups in total. The highest BCUT2D eigenvalue weighted by Gasteiger charge is 2.09. The van der Waals surface area contributed by atoms with Gasteiger partial charge in [-0.3, -0.25) is 9.48 Å². The Kier molecular flexibility index (Phi) is 4.90. The van der Waals surface area contributed by atoms with Crippen molar-refractivity contribution >= 4 is 5.91 Å². The Bertz CT molecular complexity index is 339. The van der Waals surface area contributed by atoms with Crippen molar-refractivity contribution in [1.29, 1.82) is 0 Å². The van der Waals surface area contributed by atoms with Gasteiger partial charge in [0.2, 0.25) is 5.91 Å².